The van der Waals surface area contributed by atoms with Crippen LogP contribution in [0.2, 0.25) is 0 Å². The van der Waals surface area contributed by atoms with Gasteiger partial charge in [-0.25, -0.2) is 4.79 Å². The second kappa shape index (κ2) is 4.81. The summed E-state index contributed by atoms with van der Waals surface area (Å²) in [6.07, 6.45) is 0. The van der Waals surface area contributed by atoms with Crippen LogP contribution in [0.4, 0.5) is 5.69 Å². The molecule has 0 saturated heterocycles. The van der Waals surface area contributed by atoms with Crippen molar-refractivity contribution in [3.8, 4) is 0 Å². The van der Waals surface area contributed by atoms with Gasteiger partial charge in [0.15, 0.2) is 0 Å². The van der Waals surface area contributed by atoms with E-state index in [1.54, 1.807) is 19.1 Å². The van der Waals surface area contributed by atoms with Crippen molar-refractivity contribution in [2.24, 2.45) is 0 Å². The monoisotopic (exact) mass is 265 g/mol. The summed E-state index contributed by atoms with van der Waals surface area (Å²) in [4.78, 5) is 35.1. The molecule has 0 spiro atoms. The largest absolute Gasteiger partial charge is 0.463 e. The number of fused-ring (bicyclic) bond motifs is 1. The summed E-state index contributed by atoms with van der Waals surface area (Å²) in [5.41, 5.74) is 0.758. The summed E-state index contributed by atoms with van der Waals surface area (Å²) in [5, 5.41) is 2.53. The molecule has 1 aliphatic rings. The third-order valence-electron chi connectivity index (χ3n) is 2.54. The minimum atomic E-state index is -0.918. The van der Waals surface area contributed by atoms with Gasteiger partial charge in [-0.2, -0.15) is 0 Å². The fraction of sp³-hybridized carbons (Fsp3) is 0.250. The van der Waals surface area contributed by atoms with Crippen LogP contribution in [-0.4, -0.2) is 30.0 Å². The van der Waals surface area contributed by atoms with Gasteiger partial charge >= 0.3 is 5.97 Å². The molecule has 1 N–H and O–H groups in total. The number of carbonyl (C=O) groups is 3. The Labute approximate surface area is 108 Å². The van der Waals surface area contributed by atoms with Gasteiger partial charge in [-0.15, -0.1) is 11.8 Å². The van der Waals surface area contributed by atoms with E-state index in [4.69, 9.17) is 0 Å². The molecule has 0 aliphatic carbocycles. The smallest absolute Gasteiger partial charge is 0.379 e. The van der Waals surface area contributed by atoms with E-state index >= 15 is 0 Å². The summed E-state index contributed by atoms with van der Waals surface area (Å²) < 4.78 is 4.37. The van der Waals surface area contributed by atoms with Crippen LogP contribution in [0.3, 0.4) is 0 Å². The number of carbonyl (C=O) groups excluding carboxylic acids is 3. The van der Waals surface area contributed by atoms with Gasteiger partial charge in [-0.05, 0) is 25.1 Å². The zero-order valence-corrected chi connectivity index (χ0v) is 10.7. The van der Waals surface area contributed by atoms with Crippen LogP contribution in [-0.2, 0) is 14.3 Å². The Bertz CT molecular complexity index is 541. The molecule has 18 heavy (non-hydrogen) atoms. The number of ketones is 1. The second-order valence-corrected chi connectivity index (χ2v) is 5.16. The average molecular weight is 265 g/mol. The summed E-state index contributed by atoms with van der Waals surface area (Å²) in [6, 6.07) is 4.76. The van der Waals surface area contributed by atoms with Crippen LogP contribution in [0.25, 0.3) is 0 Å². The molecule has 1 aromatic carbocycles. The van der Waals surface area contributed by atoms with Crippen molar-refractivity contribution in [3.05, 3.63) is 23.8 Å². The lowest BCUT2D eigenvalue weighted by Crippen LogP contribution is -2.26. The standard InChI is InChI=1S/C12H11NO4S/c1-6-11(15)13-8-5-7(3-4-9(8)18-6)10(14)12(16)17-2/h3-6H,1-2H3,(H,13,15). The van der Waals surface area contributed by atoms with Crippen LogP contribution >= 0.6 is 11.8 Å². The Hall–Kier alpha value is -1.82. The number of amides is 1. The highest BCUT2D eigenvalue weighted by Crippen LogP contribution is 2.35. The molecular weight excluding hydrogens is 254 g/mol. The molecular formula is C12H11NO4S. The van der Waals surface area contributed by atoms with Crippen molar-refractivity contribution in [2.45, 2.75) is 17.1 Å². The highest BCUT2D eigenvalue weighted by molar-refractivity contribution is 8.00. The summed E-state index contributed by atoms with van der Waals surface area (Å²) in [7, 11) is 1.15. The van der Waals surface area contributed by atoms with E-state index < -0.39 is 11.8 Å². The minimum absolute atomic E-state index is 0.116. The predicted molar refractivity (Wildman–Crippen MR) is 66.7 cm³/mol. The SMILES string of the molecule is COC(=O)C(=O)c1ccc2c(c1)NC(=O)C(C)S2. The molecule has 1 unspecified atom stereocenters. The lowest BCUT2D eigenvalue weighted by Gasteiger charge is -2.21. The number of hydrogen-bond donors (Lipinski definition) is 1. The molecule has 1 amide bonds. The van der Waals surface area contributed by atoms with Crippen LogP contribution in [0, 0.1) is 0 Å². The minimum Gasteiger partial charge on any atom is -0.463 e. The Morgan fingerprint density at radius 3 is 2.78 bits per heavy atom. The number of thioether (sulfide) groups is 1. The van der Waals surface area contributed by atoms with Crippen LogP contribution in [0.1, 0.15) is 17.3 Å². The molecule has 1 aliphatic heterocycles. The molecule has 5 nitrogen and oxygen atoms in total. The van der Waals surface area contributed by atoms with Crippen LogP contribution in [0.5, 0.6) is 0 Å². The molecule has 0 bridgehead atoms. The first kappa shape index (κ1) is 12.6. The van der Waals surface area contributed by atoms with E-state index in [-0.39, 0.29) is 16.7 Å². The summed E-state index contributed by atoms with van der Waals surface area (Å²) >= 11 is 1.42. The van der Waals surface area contributed by atoms with Gasteiger partial charge in [0.05, 0.1) is 18.0 Å². The maximum atomic E-state index is 11.6. The van der Waals surface area contributed by atoms with E-state index in [0.29, 0.717) is 5.69 Å². The third-order valence-corrected chi connectivity index (χ3v) is 3.72. The van der Waals surface area contributed by atoms with E-state index in [1.807, 2.05) is 0 Å². The van der Waals surface area contributed by atoms with E-state index in [2.05, 4.69) is 10.1 Å². The summed E-state index contributed by atoms with van der Waals surface area (Å²) in [5.74, 6) is -1.76. The van der Waals surface area contributed by atoms with E-state index in [9.17, 15) is 14.4 Å². The Kier molecular flexibility index (Phi) is 3.38. The number of rotatable bonds is 2. The molecule has 0 fully saturated rings. The molecule has 6 heteroatoms. The molecule has 1 atom stereocenters. The number of methoxy groups -OCH3 is 1. The lowest BCUT2D eigenvalue weighted by molar-refractivity contribution is -0.135. The van der Waals surface area contributed by atoms with Gasteiger partial charge in [-0.3, -0.25) is 9.59 Å². The van der Waals surface area contributed by atoms with E-state index in [0.717, 1.165) is 12.0 Å². The maximum absolute atomic E-state index is 11.6. The zero-order valence-electron chi connectivity index (χ0n) is 9.85. The van der Waals surface area contributed by atoms with Gasteiger partial charge in [-0.1, -0.05) is 0 Å². The van der Waals surface area contributed by atoms with Crippen molar-refractivity contribution in [1.82, 2.24) is 0 Å². The Morgan fingerprint density at radius 2 is 2.11 bits per heavy atom. The van der Waals surface area contributed by atoms with Crippen LogP contribution < -0.4 is 5.32 Å². The van der Waals surface area contributed by atoms with Gasteiger partial charge in [0.25, 0.3) is 5.78 Å². The lowest BCUT2D eigenvalue weighted by atomic mass is 10.1. The van der Waals surface area contributed by atoms with Crippen molar-refractivity contribution in [1.29, 1.82) is 0 Å². The molecule has 0 radical (unpaired) electrons. The normalized spacial score (nSPS) is 17.7. The quantitative estimate of drug-likeness (QED) is 0.498. The summed E-state index contributed by atoms with van der Waals surface area (Å²) in [6.45, 7) is 1.80. The van der Waals surface area contributed by atoms with Crippen molar-refractivity contribution in [3.63, 3.8) is 0 Å². The molecule has 1 heterocycles. The molecule has 0 aromatic heterocycles. The maximum Gasteiger partial charge on any atom is 0.379 e. The molecule has 1 aromatic rings. The van der Waals surface area contributed by atoms with Crippen molar-refractivity contribution < 1.29 is 19.1 Å². The van der Waals surface area contributed by atoms with Gasteiger partial charge in [0, 0.05) is 10.5 Å². The number of anilines is 1. The Morgan fingerprint density at radius 1 is 1.39 bits per heavy atom. The topological polar surface area (TPSA) is 72.5 Å². The average Bonchev–Trinajstić information content (AvgIpc) is 2.37. The third kappa shape index (κ3) is 2.24. The first-order valence-electron chi connectivity index (χ1n) is 5.27. The fourth-order valence-corrected chi connectivity index (χ4v) is 2.49. The highest BCUT2D eigenvalue weighted by atomic mass is 32.2. The number of esters is 1. The molecule has 2 rings (SSSR count). The number of hydrogen-bond acceptors (Lipinski definition) is 5. The zero-order chi connectivity index (χ0) is 13.3. The predicted octanol–water partition coefficient (Wildman–Crippen LogP) is 1.47. The first-order valence-corrected chi connectivity index (χ1v) is 6.15. The van der Waals surface area contributed by atoms with Gasteiger partial charge in [0.1, 0.15) is 0 Å². The molecule has 94 valence electrons. The Balaban J connectivity index is 2.33. The number of Topliss-reactive ketones (excluding diaryl/α,β-unsaturated/α-hetero) is 1. The number of ether oxygens (including phenoxy) is 1. The van der Waals surface area contributed by atoms with Crippen molar-refractivity contribution >= 4 is 35.1 Å². The van der Waals surface area contributed by atoms with Gasteiger partial charge < -0.3 is 10.1 Å². The van der Waals surface area contributed by atoms with E-state index in [1.165, 1.54) is 17.8 Å². The second-order valence-electron chi connectivity index (χ2n) is 3.78. The first-order chi connectivity index (χ1) is 8.52. The van der Waals surface area contributed by atoms with Gasteiger partial charge in [0.2, 0.25) is 5.91 Å². The highest BCUT2D eigenvalue weighted by Gasteiger charge is 2.25. The number of nitrogens with one attached hydrogen (secondary N) is 1. The fourth-order valence-electron chi connectivity index (χ4n) is 1.56. The van der Waals surface area contributed by atoms with Crippen LogP contribution in [0.15, 0.2) is 23.1 Å². The van der Waals surface area contributed by atoms with Crippen molar-refractivity contribution in [2.75, 3.05) is 12.4 Å². The number of benzene rings is 1. The molecule has 0 saturated carbocycles.